The zero-order chi connectivity index (χ0) is 21.3. The summed E-state index contributed by atoms with van der Waals surface area (Å²) < 4.78 is 4.71. The summed E-state index contributed by atoms with van der Waals surface area (Å²) in [5.74, 6) is 0.592. The van der Waals surface area contributed by atoms with Crippen molar-refractivity contribution in [1.82, 2.24) is 10.6 Å². The van der Waals surface area contributed by atoms with Crippen LogP contribution >= 0.6 is 0 Å². The van der Waals surface area contributed by atoms with E-state index in [0.29, 0.717) is 25.1 Å². The maximum absolute atomic E-state index is 11.8. The van der Waals surface area contributed by atoms with Crippen LogP contribution in [0.25, 0.3) is 0 Å². The van der Waals surface area contributed by atoms with Gasteiger partial charge in [-0.05, 0) is 48.2 Å². The zero-order valence-electron chi connectivity index (χ0n) is 17.5. The number of nitrogens with zero attached hydrogens (tertiary/aromatic N) is 2. The van der Waals surface area contributed by atoms with Crippen LogP contribution in [0.1, 0.15) is 34.3 Å². The third kappa shape index (κ3) is 5.59. The summed E-state index contributed by atoms with van der Waals surface area (Å²) in [4.78, 5) is 29.4. The van der Waals surface area contributed by atoms with Gasteiger partial charge in [-0.15, -0.1) is 0 Å². The van der Waals surface area contributed by atoms with Crippen molar-refractivity contribution in [2.75, 3.05) is 32.1 Å². The fourth-order valence-corrected chi connectivity index (χ4v) is 3.37. The molecule has 1 heterocycles. The molecule has 1 aliphatic heterocycles. The highest BCUT2D eigenvalue weighted by Gasteiger charge is 2.21. The van der Waals surface area contributed by atoms with E-state index in [1.54, 1.807) is 19.2 Å². The molecule has 0 unspecified atom stereocenters. The summed E-state index contributed by atoms with van der Waals surface area (Å²) in [6, 6.07) is 15.5. The van der Waals surface area contributed by atoms with Crippen molar-refractivity contribution < 1.29 is 14.3 Å². The van der Waals surface area contributed by atoms with Crippen LogP contribution < -0.4 is 15.5 Å². The number of guanidine groups is 1. The molecule has 0 aliphatic carbocycles. The lowest BCUT2D eigenvalue weighted by molar-refractivity contribution is -0.117. The molecule has 1 aliphatic rings. The molecule has 7 heteroatoms. The summed E-state index contributed by atoms with van der Waals surface area (Å²) in [6.07, 6.45) is 2.38. The summed E-state index contributed by atoms with van der Waals surface area (Å²) in [5.41, 5.74) is 3.75. The van der Waals surface area contributed by atoms with E-state index in [9.17, 15) is 9.59 Å². The lowest BCUT2D eigenvalue weighted by atomic mass is 10.1. The van der Waals surface area contributed by atoms with Crippen LogP contribution in [-0.2, 0) is 22.5 Å². The number of nitrogens with one attached hydrogen (secondary N) is 2. The Hall–Kier alpha value is -3.35. The Bertz CT molecular complexity index is 892. The Morgan fingerprint density at radius 1 is 1.07 bits per heavy atom. The van der Waals surface area contributed by atoms with E-state index in [0.717, 1.165) is 42.2 Å². The number of esters is 1. The first kappa shape index (κ1) is 21.4. The molecule has 0 saturated carbocycles. The number of carbonyl (C=O) groups is 2. The molecule has 1 saturated heterocycles. The second-order valence-corrected chi connectivity index (χ2v) is 7.11. The maximum atomic E-state index is 11.8. The highest BCUT2D eigenvalue weighted by molar-refractivity contribution is 5.95. The van der Waals surface area contributed by atoms with Gasteiger partial charge in [0.1, 0.15) is 0 Å². The van der Waals surface area contributed by atoms with Gasteiger partial charge in [0.25, 0.3) is 0 Å². The van der Waals surface area contributed by atoms with Gasteiger partial charge in [0.05, 0.1) is 12.7 Å². The number of rotatable bonds is 7. The zero-order valence-corrected chi connectivity index (χ0v) is 17.5. The van der Waals surface area contributed by atoms with Gasteiger partial charge in [0.15, 0.2) is 5.96 Å². The van der Waals surface area contributed by atoms with Gasteiger partial charge in [-0.1, -0.05) is 24.3 Å². The Morgan fingerprint density at radius 2 is 1.77 bits per heavy atom. The normalized spacial score (nSPS) is 14.0. The molecular formula is C23H28N4O3. The summed E-state index contributed by atoms with van der Waals surface area (Å²) in [7, 11) is 3.12. The van der Waals surface area contributed by atoms with E-state index in [-0.39, 0.29) is 11.9 Å². The smallest absolute Gasteiger partial charge is 0.337 e. The van der Waals surface area contributed by atoms with Gasteiger partial charge in [0.2, 0.25) is 5.91 Å². The van der Waals surface area contributed by atoms with E-state index >= 15 is 0 Å². The molecular weight excluding hydrogens is 380 g/mol. The van der Waals surface area contributed by atoms with Crippen molar-refractivity contribution in [2.45, 2.75) is 25.8 Å². The number of anilines is 1. The topological polar surface area (TPSA) is 83.0 Å². The molecule has 0 bridgehead atoms. The van der Waals surface area contributed by atoms with Crippen molar-refractivity contribution >= 4 is 23.5 Å². The molecule has 2 aromatic carbocycles. The summed E-state index contributed by atoms with van der Waals surface area (Å²) in [5, 5.41) is 6.59. The minimum atomic E-state index is -0.329. The second kappa shape index (κ2) is 10.4. The Labute approximate surface area is 177 Å². The number of hydrogen-bond donors (Lipinski definition) is 2. The molecule has 0 atom stereocenters. The van der Waals surface area contributed by atoms with Crippen LogP contribution in [0.5, 0.6) is 0 Å². The van der Waals surface area contributed by atoms with Gasteiger partial charge in [0, 0.05) is 38.8 Å². The first-order valence-electron chi connectivity index (χ1n) is 10.1. The number of aliphatic imine (C=N–C) groups is 1. The minimum Gasteiger partial charge on any atom is -0.465 e. The SMILES string of the molecule is CN=C(NCCc1ccc(C(=O)OC)cc1)NCc1ccc(N2CCCC2=O)cc1. The van der Waals surface area contributed by atoms with Gasteiger partial charge in [-0.25, -0.2) is 4.79 Å². The van der Waals surface area contributed by atoms with Crippen molar-refractivity contribution in [3.8, 4) is 0 Å². The van der Waals surface area contributed by atoms with Gasteiger partial charge in [-0.2, -0.15) is 0 Å². The lowest BCUT2D eigenvalue weighted by Gasteiger charge is -2.16. The van der Waals surface area contributed by atoms with Crippen LogP contribution in [0, 0.1) is 0 Å². The fraction of sp³-hybridized carbons (Fsp3) is 0.348. The van der Waals surface area contributed by atoms with Crippen LogP contribution in [0.2, 0.25) is 0 Å². The van der Waals surface area contributed by atoms with E-state index < -0.39 is 0 Å². The molecule has 0 spiro atoms. The summed E-state index contributed by atoms with van der Waals surface area (Å²) >= 11 is 0. The first-order valence-corrected chi connectivity index (χ1v) is 10.1. The van der Waals surface area contributed by atoms with Crippen LogP contribution in [-0.4, -0.2) is 45.1 Å². The average molecular weight is 409 g/mol. The van der Waals surface area contributed by atoms with E-state index in [2.05, 4.69) is 15.6 Å². The number of carbonyl (C=O) groups excluding carboxylic acids is 2. The predicted octanol–water partition coefficient (Wildman–Crippen LogP) is 2.51. The lowest BCUT2D eigenvalue weighted by Crippen LogP contribution is -2.37. The molecule has 3 rings (SSSR count). The fourth-order valence-electron chi connectivity index (χ4n) is 3.37. The van der Waals surface area contributed by atoms with Crippen LogP contribution in [0.3, 0.4) is 0 Å². The third-order valence-corrected chi connectivity index (χ3v) is 5.09. The number of benzene rings is 2. The maximum Gasteiger partial charge on any atom is 0.337 e. The molecule has 158 valence electrons. The monoisotopic (exact) mass is 408 g/mol. The molecule has 1 fully saturated rings. The second-order valence-electron chi connectivity index (χ2n) is 7.11. The Balaban J connectivity index is 1.43. The number of methoxy groups -OCH3 is 1. The highest BCUT2D eigenvalue weighted by Crippen LogP contribution is 2.21. The van der Waals surface area contributed by atoms with Gasteiger partial charge >= 0.3 is 5.97 Å². The standard InChI is InChI=1S/C23H28N4O3/c1-24-23(25-14-13-17-5-9-19(10-6-17)22(29)30-2)26-16-18-7-11-20(12-8-18)27-15-3-4-21(27)28/h5-12H,3-4,13-16H2,1-2H3,(H2,24,25,26). The number of amides is 1. The van der Waals surface area contributed by atoms with E-state index in [1.165, 1.54) is 7.11 Å². The quantitative estimate of drug-likeness (QED) is 0.418. The predicted molar refractivity (Wildman–Crippen MR) is 118 cm³/mol. The molecule has 0 aromatic heterocycles. The van der Waals surface area contributed by atoms with Gasteiger partial charge in [-0.3, -0.25) is 9.79 Å². The minimum absolute atomic E-state index is 0.199. The number of ether oxygens (including phenoxy) is 1. The average Bonchev–Trinajstić information content (AvgIpc) is 3.22. The highest BCUT2D eigenvalue weighted by atomic mass is 16.5. The first-order chi connectivity index (χ1) is 14.6. The largest absolute Gasteiger partial charge is 0.465 e. The molecule has 30 heavy (non-hydrogen) atoms. The molecule has 7 nitrogen and oxygen atoms in total. The van der Waals surface area contributed by atoms with Crippen LogP contribution in [0.15, 0.2) is 53.5 Å². The molecule has 2 N–H and O–H groups in total. The van der Waals surface area contributed by atoms with Crippen molar-refractivity contribution in [3.63, 3.8) is 0 Å². The number of hydrogen-bond acceptors (Lipinski definition) is 4. The molecule has 0 radical (unpaired) electrons. The summed E-state index contributed by atoms with van der Waals surface area (Å²) in [6.45, 7) is 2.16. The van der Waals surface area contributed by atoms with Crippen molar-refractivity contribution in [2.24, 2.45) is 4.99 Å². The van der Waals surface area contributed by atoms with Crippen LogP contribution in [0.4, 0.5) is 5.69 Å². The Kier molecular flexibility index (Phi) is 7.43. The van der Waals surface area contributed by atoms with Gasteiger partial charge < -0.3 is 20.3 Å². The third-order valence-electron chi connectivity index (χ3n) is 5.09. The van der Waals surface area contributed by atoms with Crippen molar-refractivity contribution in [1.29, 1.82) is 0 Å². The van der Waals surface area contributed by atoms with E-state index in [1.807, 2.05) is 41.3 Å². The Morgan fingerprint density at radius 3 is 2.37 bits per heavy atom. The van der Waals surface area contributed by atoms with Crippen molar-refractivity contribution in [3.05, 3.63) is 65.2 Å². The van der Waals surface area contributed by atoms with E-state index in [4.69, 9.17) is 4.74 Å². The molecule has 1 amide bonds. The molecule has 2 aromatic rings.